The third-order valence-corrected chi connectivity index (χ3v) is 6.14. The van der Waals surface area contributed by atoms with Crippen molar-refractivity contribution in [3.05, 3.63) is 12.1 Å². The molecule has 0 aromatic heterocycles. The minimum atomic E-state index is -0.307. The predicted molar refractivity (Wildman–Crippen MR) is 103 cm³/mol. The molecule has 1 unspecified atom stereocenters. The van der Waals surface area contributed by atoms with E-state index >= 15 is 0 Å². The number of rotatable bonds is 5. The summed E-state index contributed by atoms with van der Waals surface area (Å²) in [5, 5.41) is 3.39. The maximum absolute atomic E-state index is 13.0. The van der Waals surface area contributed by atoms with Crippen LogP contribution in [0.2, 0.25) is 0 Å². The van der Waals surface area contributed by atoms with Gasteiger partial charge < -0.3 is 29.3 Å². The fourth-order valence-electron chi connectivity index (χ4n) is 4.64. The molecule has 28 heavy (non-hydrogen) atoms. The van der Waals surface area contributed by atoms with Crippen molar-refractivity contribution < 1.29 is 23.8 Å². The van der Waals surface area contributed by atoms with Gasteiger partial charge in [-0.3, -0.25) is 9.59 Å². The van der Waals surface area contributed by atoms with Crippen LogP contribution in [0, 0.1) is 17.8 Å². The molecule has 0 saturated carbocycles. The van der Waals surface area contributed by atoms with Crippen LogP contribution in [-0.4, -0.2) is 70.8 Å². The summed E-state index contributed by atoms with van der Waals surface area (Å²) in [7, 11) is 4.62. The van der Waals surface area contributed by atoms with Crippen molar-refractivity contribution >= 4 is 17.5 Å². The second-order valence-electron chi connectivity index (χ2n) is 7.71. The van der Waals surface area contributed by atoms with E-state index in [1.807, 2.05) is 4.90 Å². The van der Waals surface area contributed by atoms with Crippen molar-refractivity contribution in [2.45, 2.75) is 6.42 Å². The molecule has 3 saturated heterocycles. The molecule has 4 rings (SSSR count). The lowest BCUT2D eigenvalue weighted by atomic mass is 10.0. The summed E-state index contributed by atoms with van der Waals surface area (Å²) < 4.78 is 16.1. The normalized spacial score (nSPS) is 26.5. The van der Waals surface area contributed by atoms with Crippen LogP contribution in [0.15, 0.2) is 12.1 Å². The Morgan fingerprint density at radius 2 is 1.61 bits per heavy atom. The minimum absolute atomic E-state index is 0.0614. The quantitative estimate of drug-likeness (QED) is 0.800. The number of carbonyl (C=O) groups is 2. The second kappa shape index (κ2) is 7.50. The average Bonchev–Trinajstić information content (AvgIpc) is 3.40. The highest BCUT2D eigenvalue weighted by Gasteiger charge is 2.43. The van der Waals surface area contributed by atoms with Crippen LogP contribution in [0.1, 0.15) is 6.42 Å². The molecule has 3 aliphatic rings. The molecule has 0 bridgehead atoms. The number of benzene rings is 1. The largest absolute Gasteiger partial charge is 0.493 e. The van der Waals surface area contributed by atoms with Gasteiger partial charge in [-0.2, -0.15) is 0 Å². The monoisotopic (exact) mass is 389 g/mol. The van der Waals surface area contributed by atoms with Crippen LogP contribution in [-0.2, 0) is 9.59 Å². The first-order chi connectivity index (χ1) is 13.5. The van der Waals surface area contributed by atoms with Crippen LogP contribution >= 0.6 is 0 Å². The second-order valence-corrected chi connectivity index (χ2v) is 7.71. The van der Waals surface area contributed by atoms with E-state index in [4.69, 9.17) is 14.2 Å². The van der Waals surface area contributed by atoms with Crippen molar-refractivity contribution in [3.63, 3.8) is 0 Å². The summed E-state index contributed by atoms with van der Waals surface area (Å²) in [4.78, 5) is 29.3. The van der Waals surface area contributed by atoms with Gasteiger partial charge in [0.2, 0.25) is 17.6 Å². The van der Waals surface area contributed by atoms with E-state index in [1.54, 1.807) is 17.0 Å². The van der Waals surface area contributed by atoms with Gasteiger partial charge in [0.15, 0.2) is 11.5 Å². The summed E-state index contributed by atoms with van der Waals surface area (Å²) in [5.41, 5.74) is 0.650. The summed E-state index contributed by atoms with van der Waals surface area (Å²) in [6.45, 7) is 3.93. The third-order valence-electron chi connectivity index (χ3n) is 6.14. The number of anilines is 1. The van der Waals surface area contributed by atoms with Crippen molar-refractivity contribution in [3.8, 4) is 17.2 Å². The summed E-state index contributed by atoms with van der Waals surface area (Å²) in [6, 6.07) is 3.50. The van der Waals surface area contributed by atoms with Crippen molar-refractivity contribution in [1.29, 1.82) is 0 Å². The van der Waals surface area contributed by atoms with Crippen LogP contribution in [0.3, 0.4) is 0 Å². The molecule has 1 N–H and O–H groups in total. The topological polar surface area (TPSA) is 80.3 Å². The fraction of sp³-hybridized carbons (Fsp3) is 0.600. The molecule has 8 heteroatoms. The zero-order valence-electron chi connectivity index (χ0n) is 16.6. The molecule has 1 aromatic rings. The smallest absolute Gasteiger partial charge is 0.228 e. The van der Waals surface area contributed by atoms with Crippen molar-refractivity contribution in [2.24, 2.45) is 17.8 Å². The molecule has 8 nitrogen and oxygen atoms in total. The van der Waals surface area contributed by atoms with Gasteiger partial charge in [0.25, 0.3) is 0 Å². The Hall–Kier alpha value is -2.48. The predicted octanol–water partition coefficient (Wildman–Crippen LogP) is 0.743. The Balaban J connectivity index is 1.51. The SMILES string of the molecule is COc1cc(N2CC(C(=O)N3C[C@H]4CNC[C@H]4C3)CC2=O)cc(OC)c1OC. The van der Waals surface area contributed by atoms with Gasteiger partial charge in [-0.1, -0.05) is 0 Å². The number of methoxy groups -OCH3 is 3. The van der Waals surface area contributed by atoms with Gasteiger partial charge in [0.1, 0.15) is 0 Å². The van der Waals surface area contributed by atoms with E-state index in [0.29, 0.717) is 41.3 Å². The Bertz CT molecular complexity index is 746. The molecule has 2 amide bonds. The lowest BCUT2D eigenvalue weighted by Crippen LogP contribution is -2.37. The van der Waals surface area contributed by atoms with E-state index in [2.05, 4.69) is 5.32 Å². The molecule has 1 aromatic carbocycles. The van der Waals surface area contributed by atoms with Crippen molar-refractivity contribution in [1.82, 2.24) is 10.2 Å². The van der Waals surface area contributed by atoms with Crippen LogP contribution in [0.5, 0.6) is 17.2 Å². The Morgan fingerprint density at radius 3 is 2.14 bits per heavy atom. The first-order valence-electron chi connectivity index (χ1n) is 9.65. The standard InChI is InChI=1S/C20H27N3O5/c1-26-16-5-15(6-17(27-2)19(16)28-3)23-11-12(4-18(23)24)20(25)22-9-13-7-21-8-14(13)10-22/h5-6,12-14,21H,4,7-11H2,1-3H3/t12?,13-,14+. The summed E-state index contributed by atoms with van der Waals surface area (Å²) in [5.74, 6) is 2.27. The molecular formula is C20H27N3O5. The van der Waals surface area contributed by atoms with Crippen LogP contribution < -0.4 is 24.4 Å². The molecule has 3 aliphatic heterocycles. The number of fused-ring (bicyclic) bond motifs is 1. The number of carbonyl (C=O) groups excluding carboxylic acids is 2. The zero-order valence-corrected chi connectivity index (χ0v) is 16.6. The van der Waals surface area contributed by atoms with Gasteiger partial charge in [-0.25, -0.2) is 0 Å². The highest BCUT2D eigenvalue weighted by Crippen LogP contribution is 2.42. The molecule has 0 spiro atoms. The number of hydrogen-bond acceptors (Lipinski definition) is 6. The molecular weight excluding hydrogens is 362 g/mol. The number of amides is 2. The van der Waals surface area contributed by atoms with Gasteiger partial charge in [-0.05, 0) is 11.8 Å². The number of nitrogens with zero attached hydrogens (tertiary/aromatic N) is 2. The zero-order chi connectivity index (χ0) is 19.8. The van der Waals surface area contributed by atoms with Gasteiger partial charge in [0.05, 0.1) is 32.9 Å². The summed E-state index contributed by atoms with van der Waals surface area (Å²) in [6.07, 6.45) is 0.236. The van der Waals surface area contributed by atoms with E-state index in [-0.39, 0.29) is 24.2 Å². The molecule has 152 valence electrons. The molecule has 3 atom stereocenters. The van der Waals surface area contributed by atoms with E-state index in [9.17, 15) is 9.59 Å². The average molecular weight is 389 g/mol. The number of likely N-dealkylation sites (tertiary alicyclic amines) is 1. The van der Waals surface area contributed by atoms with Crippen LogP contribution in [0.25, 0.3) is 0 Å². The Morgan fingerprint density at radius 1 is 1.00 bits per heavy atom. The van der Waals surface area contributed by atoms with E-state index < -0.39 is 0 Å². The van der Waals surface area contributed by atoms with Gasteiger partial charge >= 0.3 is 0 Å². The Kier molecular flexibility index (Phi) is 5.05. The number of nitrogens with one attached hydrogen (secondary N) is 1. The highest BCUT2D eigenvalue weighted by molar-refractivity contribution is 6.00. The number of ether oxygens (including phenoxy) is 3. The maximum atomic E-state index is 13.0. The lowest BCUT2D eigenvalue weighted by molar-refractivity contribution is -0.135. The van der Waals surface area contributed by atoms with Crippen molar-refractivity contribution in [2.75, 3.05) is 59.0 Å². The van der Waals surface area contributed by atoms with Gasteiger partial charge in [0, 0.05) is 51.3 Å². The first kappa shape index (κ1) is 18.9. The fourth-order valence-corrected chi connectivity index (χ4v) is 4.64. The third kappa shape index (κ3) is 3.15. The maximum Gasteiger partial charge on any atom is 0.228 e. The van der Waals surface area contributed by atoms with Gasteiger partial charge in [-0.15, -0.1) is 0 Å². The highest BCUT2D eigenvalue weighted by atomic mass is 16.5. The number of hydrogen-bond donors (Lipinski definition) is 1. The van der Waals surface area contributed by atoms with E-state index in [0.717, 1.165) is 26.2 Å². The molecule has 3 fully saturated rings. The lowest BCUT2D eigenvalue weighted by Gasteiger charge is -2.23. The summed E-state index contributed by atoms with van der Waals surface area (Å²) >= 11 is 0. The molecule has 0 radical (unpaired) electrons. The van der Waals surface area contributed by atoms with Crippen LogP contribution in [0.4, 0.5) is 5.69 Å². The first-order valence-corrected chi connectivity index (χ1v) is 9.65. The molecule has 3 heterocycles. The Labute approximate surface area is 164 Å². The van der Waals surface area contributed by atoms with E-state index in [1.165, 1.54) is 21.3 Å². The minimum Gasteiger partial charge on any atom is -0.493 e. The molecule has 0 aliphatic carbocycles.